The summed E-state index contributed by atoms with van der Waals surface area (Å²) in [5, 5.41) is 9.32. The molecule has 0 bridgehead atoms. The Hall–Kier alpha value is -3.40. The fraction of sp³-hybridized carbons (Fsp3) is 0.263. The van der Waals surface area contributed by atoms with Crippen molar-refractivity contribution < 1.29 is 23.5 Å². The lowest BCUT2D eigenvalue weighted by molar-refractivity contribution is -0.156. The Bertz CT molecular complexity index is 876. The normalized spacial score (nSPS) is 10.2. The molecule has 1 aromatic carbocycles. The highest BCUT2D eigenvalue weighted by molar-refractivity contribution is 6.01. The van der Waals surface area contributed by atoms with Gasteiger partial charge >= 0.3 is 17.6 Å². The molecule has 0 unspecified atom stereocenters. The largest absolute Gasteiger partial charge is 0.465 e. The van der Waals surface area contributed by atoms with Crippen LogP contribution in [0.1, 0.15) is 30.9 Å². The van der Waals surface area contributed by atoms with Gasteiger partial charge < -0.3 is 13.9 Å². The summed E-state index contributed by atoms with van der Waals surface area (Å²) < 4.78 is 15.0. The predicted molar refractivity (Wildman–Crippen MR) is 91.1 cm³/mol. The van der Waals surface area contributed by atoms with Crippen molar-refractivity contribution in [2.75, 3.05) is 13.2 Å². The number of esters is 2. The van der Waals surface area contributed by atoms with Gasteiger partial charge in [0, 0.05) is 11.1 Å². The number of hydrogen-bond donors (Lipinski definition) is 0. The van der Waals surface area contributed by atoms with Crippen molar-refractivity contribution in [1.82, 2.24) is 0 Å². The van der Waals surface area contributed by atoms with Crippen LogP contribution in [0.25, 0.3) is 11.3 Å². The second kappa shape index (κ2) is 8.62. The van der Waals surface area contributed by atoms with E-state index in [1.165, 1.54) is 6.07 Å². The van der Waals surface area contributed by atoms with Gasteiger partial charge in [-0.15, -0.1) is 0 Å². The zero-order valence-electron chi connectivity index (χ0n) is 14.4. The first kappa shape index (κ1) is 18.9. The van der Waals surface area contributed by atoms with Gasteiger partial charge in [-0.05, 0) is 19.9 Å². The van der Waals surface area contributed by atoms with Crippen LogP contribution >= 0.6 is 0 Å². The highest BCUT2D eigenvalue weighted by Crippen LogP contribution is 2.27. The summed E-state index contributed by atoms with van der Waals surface area (Å²) in [4.78, 5) is 36.9. The van der Waals surface area contributed by atoms with Crippen LogP contribution in [0.15, 0.2) is 45.6 Å². The molecule has 0 N–H and O–H groups in total. The summed E-state index contributed by atoms with van der Waals surface area (Å²) in [7, 11) is 0. The molecule has 1 aromatic heterocycles. The van der Waals surface area contributed by atoms with E-state index in [-0.39, 0.29) is 24.5 Å². The van der Waals surface area contributed by atoms with E-state index in [1.807, 2.05) is 0 Å². The van der Waals surface area contributed by atoms with Crippen LogP contribution in [0.3, 0.4) is 0 Å². The van der Waals surface area contributed by atoms with Crippen LogP contribution < -0.4 is 5.63 Å². The molecule has 0 amide bonds. The summed E-state index contributed by atoms with van der Waals surface area (Å²) in [5.41, 5.74) is -0.917. The van der Waals surface area contributed by atoms with Crippen molar-refractivity contribution in [3.63, 3.8) is 0 Å². The maximum Gasteiger partial charge on any atom is 0.354 e. The molecule has 7 nitrogen and oxygen atoms in total. The number of ether oxygens (including phenoxy) is 2. The first-order chi connectivity index (χ1) is 12.5. The molecule has 26 heavy (non-hydrogen) atoms. The van der Waals surface area contributed by atoms with Crippen molar-refractivity contribution in [1.29, 1.82) is 5.26 Å². The smallest absolute Gasteiger partial charge is 0.354 e. The lowest BCUT2D eigenvalue weighted by atomic mass is 9.94. The summed E-state index contributed by atoms with van der Waals surface area (Å²) in [6.07, 6.45) is 0. The molecule has 0 aliphatic heterocycles. The Morgan fingerprint density at radius 3 is 2.19 bits per heavy atom. The van der Waals surface area contributed by atoms with Gasteiger partial charge in [0.15, 0.2) is 5.92 Å². The maximum atomic E-state index is 12.3. The lowest BCUT2D eigenvalue weighted by Gasteiger charge is -2.16. The summed E-state index contributed by atoms with van der Waals surface area (Å²) in [6, 6.07) is 11.7. The standard InChI is InChI=1S/C19H17NO6/c1-3-24-18(22)16(19(23)25-4-2)13-10-15(12-8-6-5-7-9-12)26-17(21)14(13)11-20/h5-10,16H,3-4H2,1-2H3. The van der Waals surface area contributed by atoms with E-state index in [4.69, 9.17) is 13.9 Å². The highest BCUT2D eigenvalue weighted by atomic mass is 16.6. The molecular weight excluding hydrogens is 338 g/mol. The van der Waals surface area contributed by atoms with E-state index < -0.39 is 29.0 Å². The number of nitrogens with zero attached hydrogens (tertiary/aromatic N) is 1. The highest BCUT2D eigenvalue weighted by Gasteiger charge is 2.35. The molecule has 0 spiro atoms. The Labute approximate surface area is 149 Å². The van der Waals surface area contributed by atoms with E-state index >= 15 is 0 Å². The van der Waals surface area contributed by atoms with Crippen LogP contribution in [-0.2, 0) is 19.1 Å². The van der Waals surface area contributed by atoms with E-state index in [1.54, 1.807) is 50.2 Å². The third-order valence-electron chi connectivity index (χ3n) is 3.51. The van der Waals surface area contributed by atoms with Crippen LogP contribution in [0.5, 0.6) is 0 Å². The second-order valence-corrected chi connectivity index (χ2v) is 5.14. The van der Waals surface area contributed by atoms with Crippen molar-refractivity contribution in [2.24, 2.45) is 0 Å². The third-order valence-corrected chi connectivity index (χ3v) is 3.51. The Morgan fingerprint density at radius 2 is 1.69 bits per heavy atom. The Balaban J connectivity index is 2.68. The quantitative estimate of drug-likeness (QED) is 0.578. The molecule has 0 saturated heterocycles. The minimum Gasteiger partial charge on any atom is -0.465 e. The number of hydrogen-bond acceptors (Lipinski definition) is 7. The van der Waals surface area contributed by atoms with E-state index in [9.17, 15) is 19.6 Å². The van der Waals surface area contributed by atoms with Crippen LogP contribution in [0, 0.1) is 11.3 Å². The zero-order chi connectivity index (χ0) is 19.1. The zero-order valence-corrected chi connectivity index (χ0v) is 14.4. The summed E-state index contributed by atoms with van der Waals surface area (Å²) >= 11 is 0. The first-order valence-corrected chi connectivity index (χ1v) is 8.00. The minimum atomic E-state index is -1.55. The molecule has 0 aliphatic carbocycles. The first-order valence-electron chi connectivity index (χ1n) is 8.00. The number of benzene rings is 1. The van der Waals surface area contributed by atoms with Gasteiger partial charge in [0.1, 0.15) is 17.4 Å². The molecule has 1 heterocycles. The van der Waals surface area contributed by atoms with Gasteiger partial charge in [-0.2, -0.15) is 5.26 Å². The number of carbonyl (C=O) groups excluding carboxylic acids is 2. The van der Waals surface area contributed by atoms with Gasteiger partial charge in [0.05, 0.1) is 13.2 Å². The monoisotopic (exact) mass is 355 g/mol. The summed E-state index contributed by atoms with van der Waals surface area (Å²) in [5.74, 6) is -3.21. The van der Waals surface area contributed by atoms with Gasteiger partial charge in [0.25, 0.3) is 0 Å². The number of carbonyl (C=O) groups is 2. The lowest BCUT2D eigenvalue weighted by Crippen LogP contribution is -2.28. The molecular formula is C19H17NO6. The molecule has 0 atom stereocenters. The van der Waals surface area contributed by atoms with Crippen LogP contribution in [-0.4, -0.2) is 25.2 Å². The summed E-state index contributed by atoms with van der Waals surface area (Å²) in [6.45, 7) is 3.23. The number of nitriles is 1. The number of rotatable bonds is 6. The van der Waals surface area contributed by atoms with Crippen molar-refractivity contribution in [2.45, 2.75) is 19.8 Å². The average Bonchev–Trinajstić information content (AvgIpc) is 2.63. The maximum absolute atomic E-state index is 12.3. The SMILES string of the molecule is CCOC(=O)C(C(=O)OCC)c1cc(-c2ccccc2)oc(=O)c1C#N. The van der Waals surface area contributed by atoms with Crippen LogP contribution in [0.2, 0.25) is 0 Å². The molecule has 7 heteroatoms. The molecule has 0 saturated carbocycles. The molecule has 2 rings (SSSR count). The molecule has 0 aliphatic rings. The van der Waals surface area contributed by atoms with Crippen molar-refractivity contribution in [3.8, 4) is 17.4 Å². The Kier molecular flexibility index (Phi) is 6.28. The van der Waals surface area contributed by atoms with Gasteiger partial charge in [-0.1, -0.05) is 30.3 Å². The molecule has 2 aromatic rings. The van der Waals surface area contributed by atoms with Gasteiger partial charge in [0.2, 0.25) is 0 Å². The minimum absolute atomic E-state index is 0.0314. The van der Waals surface area contributed by atoms with E-state index in [2.05, 4.69) is 0 Å². The van der Waals surface area contributed by atoms with Gasteiger partial charge in [-0.3, -0.25) is 9.59 Å². The van der Waals surface area contributed by atoms with Gasteiger partial charge in [-0.25, -0.2) is 4.79 Å². The molecule has 0 radical (unpaired) electrons. The fourth-order valence-corrected chi connectivity index (χ4v) is 2.40. The van der Waals surface area contributed by atoms with Crippen molar-refractivity contribution in [3.05, 3.63) is 57.9 Å². The topological polar surface area (TPSA) is 107 Å². The van der Waals surface area contributed by atoms with Crippen LogP contribution in [0.4, 0.5) is 0 Å². The van der Waals surface area contributed by atoms with E-state index in [0.717, 1.165) is 0 Å². The second-order valence-electron chi connectivity index (χ2n) is 5.14. The Morgan fingerprint density at radius 1 is 1.12 bits per heavy atom. The molecule has 0 fully saturated rings. The fourth-order valence-electron chi connectivity index (χ4n) is 2.40. The predicted octanol–water partition coefficient (Wildman–Crippen LogP) is 2.39. The molecule has 134 valence electrons. The average molecular weight is 355 g/mol. The third kappa shape index (κ3) is 3.98. The van der Waals surface area contributed by atoms with Crippen molar-refractivity contribution >= 4 is 11.9 Å². The van der Waals surface area contributed by atoms with E-state index in [0.29, 0.717) is 5.56 Å².